The first kappa shape index (κ1) is 8.43. The van der Waals surface area contributed by atoms with Crippen LogP contribution in [0, 0.1) is 5.92 Å². The van der Waals surface area contributed by atoms with E-state index in [9.17, 15) is 4.79 Å². The van der Waals surface area contributed by atoms with Crippen molar-refractivity contribution in [1.82, 2.24) is 5.48 Å². The number of carbonyl (C=O) groups is 1. The Morgan fingerprint density at radius 2 is 2.33 bits per heavy atom. The Morgan fingerprint density at radius 3 is 2.67 bits per heavy atom. The van der Waals surface area contributed by atoms with Gasteiger partial charge < -0.3 is 4.84 Å². The summed E-state index contributed by atoms with van der Waals surface area (Å²) in [7, 11) is 1.57. The van der Waals surface area contributed by atoms with Crippen LogP contribution < -0.4 is 5.48 Å². The average molecular weight is 131 g/mol. The Balaban J connectivity index is 3.46. The zero-order valence-electron chi connectivity index (χ0n) is 6.10. The number of rotatable bonds is 3. The molecule has 0 amide bonds. The topological polar surface area (TPSA) is 38.3 Å². The Kier molecular flexibility index (Phi) is 4.05. The van der Waals surface area contributed by atoms with E-state index in [-0.39, 0.29) is 11.9 Å². The van der Waals surface area contributed by atoms with E-state index in [1.165, 1.54) is 0 Å². The fourth-order valence-corrected chi connectivity index (χ4v) is 0.368. The van der Waals surface area contributed by atoms with Gasteiger partial charge in [0, 0.05) is 7.05 Å². The van der Waals surface area contributed by atoms with Crippen LogP contribution in [0.4, 0.5) is 0 Å². The maximum Gasteiger partial charge on any atom is 0.327 e. The number of hydrogen-bond acceptors (Lipinski definition) is 3. The van der Waals surface area contributed by atoms with E-state index >= 15 is 0 Å². The van der Waals surface area contributed by atoms with Gasteiger partial charge in [0.1, 0.15) is 0 Å². The summed E-state index contributed by atoms with van der Waals surface area (Å²) < 4.78 is 0. The third-order valence-electron chi connectivity index (χ3n) is 1.22. The van der Waals surface area contributed by atoms with Crippen LogP contribution in [0.1, 0.15) is 20.3 Å². The summed E-state index contributed by atoms with van der Waals surface area (Å²) in [5, 5.41) is 0. The molecule has 0 heterocycles. The fraction of sp³-hybridized carbons (Fsp3) is 0.833. The van der Waals surface area contributed by atoms with Crippen LogP contribution in [0.25, 0.3) is 0 Å². The van der Waals surface area contributed by atoms with E-state index in [4.69, 9.17) is 0 Å². The molecule has 1 N–H and O–H groups in total. The molecule has 0 radical (unpaired) electrons. The van der Waals surface area contributed by atoms with Crippen molar-refractivity contribution in [2.75, 3.05) is 7.05 Å². The van der Waals surface area contributed by atoms with Crippen molar-refractivity contribution in [3.05, 3.63) is 0 Å². The minimum Gasteiger partial charge on any atom is -0.371 e. The van der Waals surface area contributed by atoms with E-state index in [1.807, 2.05) is 13.8 Å². The van der Waals surface area contributed by atoms with Crippen molar-refractivity contribution >= 4 is 5.97 Å². The first-order valence-corrected chi connectivity index (χ1v) is 3.09. The fourth-order valence-electron chi connectivity index (χ4n) is 0.368. The molecule has 0 aromatic carbocycles. The Hall–Kier alpha value is -0.570. The smallest absolute Gasteiger partial charge is 0.327 e. The molecular weight excluding hydrogens is 118 g/mol. The van der Waals surface area contributed by atoms with Gasteiger partial charge in [0.25, 0.3) is 0 Å². The largest absolute Gasteiger partial charge is 0.371 e. The van der Waals surface area contributed by atoms with Crippen LogP contribution in [0.2, 0.25) is 0 Å². The van der Waals surface area contributed by atoms with E-state index < -0.39 is 0 Å². The summed E-state index contributed by atoms with van der Waals surface area (Å²) in [5.41, 5.74) is 2.33. The highest BCUT2D eigenvalue weighted by Crippen LogP contribution is 2.00. The van der Waals surface area contributed by atoms with Crippen LogP contribution in [0.5, 0.6) is 0 Å². The molecule has 0 saturated heterocycles. The highest BCUT2D eigenvalue weighted by molar-refractivity contribution is 5.71. The van der Waals surface area contributed by atoms with E-state index in [0.717, 1.165) is 6.42 Å². The van der Waals surface area contributed by atoms with Gasteiger partial charge in [-0.3, -0.25) is 4.79 Å². The standard InChI is InChI=1S/C6H13NO2/c1-4-5(2)6(8)9-7-3/h5,7H,4H2,1-3H3/t5-/m0/s1. The lowest BCUT2D eigenvalue weighted by Crippen LogP contribution is -2.20. The second-order valence-electron chi connectivity index (χ2n) is 1.93. The second-order valence-corrected chi connectivity index (χ2v) is 1.93. The van der Waals surface area contributed by atoms with Crippen molar-refractivity contribution in [2.45, 2.75) is 20.3 Å². The molecule has 0 rings (SSSR count). The maximum atomic E-state index is 10.7. The van der Waals surface area contributed by atoms with Crippen molar-refractivity contribution in [2.24, 2.45) is 5.92 Å². The summed E-state index contributed by atoms with van der Waals surface area (Å²) >= 11 is 0. The minimum atomic E-state index is -0.194. The molecule has 0 aromatic heterocycles. The lowest BCUT2D eigenvalue weighted by Gasteiger charge is -2.05. The van der Waals surface area contributed by atoms with Gasteiger partial charge in [-0.15, -0.1) is 0 Å². The number of carbonyl (C=O) groups excluding carboxylic acids is 1. The van der Waals surface area contributed by atoms with Gasteiger partial charge >= 0.3 is 5.97 Å². The summed E-state index contributed by atoms with van der Waals surface area (Å²) in [6.45, 7) is 3.78. The highest BCUT2D eigenvalue weighted by Gasteiger charge is 2.10. The Labute approximate surface area is 55.3 Å². The molecule has 1 atom stereocenters. The van der Waals surface area contributed by atoms with Crippen molar-refractivity contribution in [3.63, 3.8) is 0 Å². The van der Waals surface area contributed by atoms with Gasteiger partial charge in [-0.1, -0.05) is 13.8 Å². The summed E-state index contributed by atoms with van der Waals surface area (Å²) in [6.07, 6.45) is 0.820. The monoisotopic (exact) mass is 131 g/mol. The number of nitrogens with one attached hydrogen (secondary N) is 1. The molecule has 3 heteroatoms. The Bertz CT molecular complexity index is 93.1. The molecule has 54 valence electrons. The first-order valence-electron chi connectivity index (χ1n) is 3.09. The molecule has 0 aromatic rings. The molecule has 0 fully saturated rings. The van der Waals surface area contributed by atoms with Crippen LogP contribution in [0.15, 0.2) is 0 Å². The third kappa shape index (κ3) is 3.08. The van der Waals surface area contributed by atoms with Gasteiger partial charge in [0.15, 0.2) is 0 Å². The van der Waals surface area contributed by atoms with E-state index in [1.54, 1.807) is 7.05 Å². The number of hydroxylamine groups is 1. The van der Waals surface area contributed by atoms with Crippen LogP contribution in [-0.4, -0.2) is 13.0 Å². The first-order chi connectivity index (χ1) is 4.22. The molecular formula is C6H13NO2. The lowest BCUT2D eigenvalue weighted by atomic mass is 10.1. The van der Waals surface area contributed by atoms with Crippen molar-refractivity contribution in [3.8, 4) is 0 Å². The predicted molar refractivity (Wildman–Crippen MR) is 34.6 cm³/mol. The molecule has 0 aliphatic carbocycles. The van der Waals surface area contributed by atoms with Crippen LogP contribution in [-0.2, 0) is 9.63 Å². The van der Waals surface area contributed by atoms with Gasteiger partial charge in [-0.05, 0) is 6.42 Å². The van der Waals surface area contributed by atoms with Crippen molar-refractivity contribution < 1.29 is 9.63 Å². The molecule has 0 saturated carbocycles. The lowest BCUT2D eigenvalue weighted by molar-refractivity contribution is -0.154. The maximum absolute atomic E-state index is 10.7. The summed E-state index contributed by atoms with van der Waals surface area (Å²) in [5.74, 6) is -0.197. The zero-order valence-corrected chi connectivity index (χ0v) is 6.10. The quantitative estimate of drug-likeness (QED) is 0.573. The molecule has 0 unspecified atom stereocenters. The predicted octanol–water partition coefficient (Wildman–Crippen LogP) is 0.710. The second kappa shape index (κ2) is 4.32. The molecule has 0 aliphatic rings. The van der Waals surface area contributed by atoms with Gasteiger partial charge in [-0.2, -0.15) is 5.48 Å². The molecule has 9 heavy (non-hydrogen) atoms. The summed E-state index contributed by atoms with van der Waals surface area (Å²) in [6, 6.07) is 0. The van der Waals surface area contributed by atoms with Gasteiger partial charge in [0.2, 0.25) is 0 Å². The molecule has 0 bridgehead atoms. The zero-order chi connectivity index (χ0) is 7.28. The number of hydrogen-bond donors (Lipinski definition) is 1. The average Bonchev–Trinajstić information content (AvgIpc) is 1.87. The molecule has 3 nitrogen and oxygen atoms in total. The van der Waals surface area contributed by atoms with Crippen LogP contribution in [0.3, 0.4) is 0 Å². The van der Waals surface area contributed by atoms with Crippen molar-refractivity contribution in [1.29, 1.82) is 0 Å². The minimum absolute atomic E-state index is 0.00236. The molecule has 0 spiro atoms. The van der Waals surface area contributed by atoms with Gasteiger partial charge in [-0.25, -0.2) is 0 Å². The molecule has 0 aliphatic heterocycles. The van der Waals surface area contributed by atoms with E-state index in [0.29, 0.717) is 0 Å². The highest BCUT2D eigenvalue weighted by atomic mass is 16.7. The summed E-state index contributed by atoms with van der Waals surface area (Å²) in [4.78, 5) is 15.2. The van der Waals surface area contributed by atoms with Gasteiger partial charge in [0.05, 0.1) is 5.92 Å². The normalized spacial score (nSPS) is 12.8. The Morgan fingerprint density at radius 1 is 1.78 bits per heavy atom. The van der Waals surface area contributed by atoms with Crippen LogP contribution >= 0.6 is 0 Å². The van der Waals surface area contributed by atoms with E-state index in [2.05, 4.69) is 10.3 Å². The SMILES string of the molecule is CC[C@H](C)C(=O)ONC. The third-order valence-corrected chi connectivity index (χ3v) is 1.22.